The van der Waals surface area contributed by atoms with E-state index < -0.39 is 0 Å². The number of hydrogen-bond acceptors (Lipinski definition) is 1. The molecule has 0 saturated heterocycles. The molecular weight excluding hydrogens is 160 g/mol. The molecule has 0 heterocycles. The van der Waals surface area contributed by atoms with E-state index in [1.165, 1.54) is 0 Å². The summed E-state index contributed by atoms with van der Waals surface area (Å²) in [4.78, 5) is -0.245. The molecule has 0 aromatic heterocycles. The summed E-state index contributed by atoms with van der Waals surface area (Å²) in [6.07, 6.45) is 1.96. The van der Waals surface area contributed by atoms with Crippen LogP contribution in [0, 0.1) is 0 Å². The molecular formula is C9H9ClO. The monoisotopic (exact) mass is 168 g/mol. The zero-order chi connectivity index (χ0) is 7.90. The van der Waals surface area contributed by atoms with Crippen LogP contribution in [0.1, 0.15) is 18.4 Å². The van der Waals surface area contributed by atoms with Crippen molar-refractivity contribution in [2.75, 3.05) is 0 Å². The molecule has 2 rings (SSSR count). The van der Waals surface area contributed by atoms with Gasteiger partial charge in [-0.1, -0.05) is 18.2 Å². The Bertz CT molecular complexity index is 279. The van der Waals surface area contributed by atoms with Crippen molar-refractivity contribution < 1.29 is 5.11 Å². The minimum Gasteiger partial charge on any atom is -0.508 e. The Morgan fingerprint density at radius 3 is 2.45 bits per heavy atom. The highest BCUT2D eigenvalue weighted by Gasteiger charge is 2.43. The van der Waals surface area contributed by atoms with Crippen molar-refractivity contribution in [3.8, 4) is 5.75 Å². The van der Waals surface area contributed by atoms with Crippen molar-refractivity contribution in [1.29, 1.82) is 0 Å². The Morgan fingerprint density at radius 1 is 1.27 bits per heavy atom. The quantitative estimate of drug-likeness (QED) is 0.640. The van der Waals surface area contributed by atoms with Gasteiger partial charge in [0.15, 0.2) is 0 Å². The van der Waals surface area contributed by atoms with Crippen molar-refractivity contribution in [3.05, 3.63) is 29.8 Å². The number of hydrogen-bond donors (Lipinski definition) is 1. The summed E-state index contributed by atoms with van der Waals surface area (Å²) < 4.78 is 0. The van der Waals surface area contributed by atoms with Gasteiger partial charge in [-0.15, -0.1) is 11.6 Å². The second-order valence-electron chi connectivity index (χ2n) is 2.98. The van der Waals surface area contributed by atoms with Crippen LogP contribution in [0.4, 0.5) is 0 Å². The van der Waals surface area contributed by atoms with Gasteiger partial charge >= 0.3 is 0 Å². The number of benzene rings is 1. The van der Waals surface area contributed by atoms with Crippen molar-refractivity contribution in [2.45, 2.75) is 17.7 Å². The molecule has 1 saturated carbocycles. The van der Waals surface area contributed by atoms with E-state index in [1.807, 2.05) is 18.2 Å². The van der Waals surface area contributed by atoms with Gasteiger partial charge in [0, 0.05) is 5.56 Å². The van der Waals surface area contributed by atoms with Gasteiger partial charge in [-0.3, -0.25) is 0 Å². The Kier molecular flexibility index (Phi) is 1.36. The highest BCUT2D eigenvalue weighted by molar-refractivity contribution is 6.26. The molecule has 0 atom stereocenters. The normalized spacial score (nSPS) is 19.7. The SMILES string of the molecule is Oc1ccccc1C1(Cl)CC1. The minimum atomic E-state index is -0.245. The molecule has 1 nitrogen and oxygen atoms in total. The topological polar surface area (TPSA) is 20.2 Å². The van der Waals surface area contributed by atoms with Crippen molar-refractivity contribution in [3.63, 3.8) is 0 Å². The van der Waals surface area contributed by atoms with Crippen molar-refractivity contribution in [2.24, 2.45) is 0 Å². The van der Waals surface area contributed by atoms with Crippen molar-refractivity contribution in [1.82, 2.24) is 0 Å². The van der Waals surface area contributed by atoms with Crippen LogP contribution in [0.5, 0.6) is 5.75 Å². The Hall–Kier alpha value is -0.690. The average Bonchev–Trinajstić information content (AvgIpc) is 2.70. The summed E-state index contributed by atoms with van der Waals surface area (Å²) in [6, 6.07) is 7.27. The first-order valence-corrected chi connectivity index (χ1v) is 4.08. The third kappa shape index (κ3) is 1.10. The van der Waals surface area contributed by atoms with Crippen LogP contribution in [-0.2, 0) is 4.87 Å². The van der Waals surface area contributed by atoms with Gasteiger partial charge in [0.05, 0.1) is 4.87 Å². The lowest BCUT2D eigenvalue weighted by Crippen LogP contribution is -1.95. The number of phenolic OH excluding ortho intramolecular Hbond substituents is 1. The van der Waals surface area contributed by atoms with Gasteiger partial charge < -0.3 is 5.11 Å². The third-order valence-electron chi connectivity index (χ3n) is 2.08. The van der Waals surface area contributed by atoms with E-state index in [1.54, 1.807) is 6.07 Å². The second kappa shape index (κ2) is 2.15. The fourth-order valence-corrected chi connectivity index (χ4v) is 1.49. The number of rotatable bonds is 1. The molecule has 1 aliphatic carbocycles. The highest BCUT2D eigenvalue weighted by atomic mass is 35.5. The van der Waals surface area contributed by atoms with Gasteiger partial charge in [0.2, 0.25) is 0 Å². The summed E-state index contributed by atoms with van der Waals surface area (Å²) in [6.45, 7) is 0. The summed E-state index contributed by atoms with van der Waals surface area (Å²) >= 11 is 6.11. The third-order valence-corrected chi connectivity index (χ3v) is 2.66. The maximum atomic E-state index is 9.40. The summed E-state index contributed by atoms with van der Waals surface area (Å²) in [5.74, 6) is 0.319. The van der Waals surface area contributed by atoms with E-state index in [9.17, 15) is 5.11 Å². The zero-order valence-corrected chi connectivity index (χ0v) is 6.80. The molecule has 1 N–H and O–H groups in total. The summed E-state index contributed by atoms with van der Waals surface area (Å²) in [5, 5.41) is 9.40. The first-order valence-electron chi connectivity index (χ1n) is 3.70. The van der Waals surface area contributed by atoms with Crippen LogP contribution in [0.15, 0.2) is 24.3 Å². The van der Waals surface area contributed by atoms with Crippen LogP contribution in [-0.4, -0.2) is 5.11 Å². The molecule has 0 unspecified atom stereocenters. The van der Waals surface area contributed by atoms with Crippen molar-refractivity contribution >= 4 is 11.6 Å². The molecule has 0 bridgehead atoms. The molecule has 1 aromatic rings. The molecule has 11 heavy (non-hydrogen) atoms. The number of halogens is 1. The number of aromatic hydroxyl groups is 1. The van der Waals surface area contributed by atoms with Crippen LogP contribution in [0.2, 0.25) is 0 Å². The Morgan fingerprint density at radius 2 is 1.91 bits per heavy atom. The standard InChI is InChI=1S/C9H9ClO/c10-9(5-6-9)7-3-1-2-4-8(7)11/h1-4,11H,5-6H2. The predicted octanol–water partition coefficient (Wildman–Crippen LogP) is 2.62. The van der Waals surface area contributed by atoms with Gasteiger partial charge in [0.1, 0.15) is 5.75 Å². The molecule has 0 radical (unpaired) electrons. The van der Waals surface area contributed by atoms with Crippen LogP contribution in [0.3, 0.4) is 0 Å². The second-order valence-corrected chi connectivity index (χ2v) is 3.71. The Balaban J connectivity index is 2.45. The molecule has 2 heteroatoms. The molecule has 1 aliphatic rings. The first kappa shape index (κ1) is 6.99. The minimum absolute atomic E-state index is 0.245. The fourth-order valence-electron chi connectivity index (χ4n) is 1.23. The molecule has 1 aromatic carbocycles. The van der Waals surface area contributed by atoms with Crippen LogP contribution in [0.25, 0.3) is 0 Å². The lowest BCUT2D eigenvalue weighted by molar-refractivity contribution is 0.466. The number of alkyl halides is 1. The lowest BCUT2D eigenvalue weighted by atomic mass is 10.1. The Labute approximate surface area is 70.6 Å². The predicted molar refractivity (Wildman–Crippen MR) is 44.9 cm³/mol. The van der Waals surface area contributed by atoms with Gasteiger partial charge in [-0.2, -0.15) is 0 Å². The molecule has 1 fully saturated rings. The first-order chi connectivity index (χ1) is 5.22. The van der Waals surface area contributed by atoms with E-state index in [0.29, 0.717) is 5.75 Å². The van der Waals surface area contributed by atoms with E-state index >= 15 is 0 Å². The average molecular weight is 169 g/mol. The van der Waals surface area contributed by atoms with Crippen LogP contribution < -0.4 is 0 Å². The number of phenols is 1. The van der Waals surface area contributed by atoms with Gasteiger partial charge in [-0.25, -0.2) is 0 Å². The van der Waals surface area contributed by atoms with Crippen LogP contribution >= 0.6 is 11.6 Å². The van der Waals surface area contributed by atoms with E-state index in [0.717, 1.165) is 18.4 Å². The lowest BCUT2D eigenvalue weighted by Gasteiger charge is -2.07. The van der Waals surface area contributed by atoms with E-state index in [4.69, 9.17) is 11.6 Å². The molecule has 0 aliphatic heterocycles. The van der Waals surface area contributed by atoms with E-state index in [-0.39, 0.29) is 4.87 Å². The van der Waals surface area contributed by atoms with Gasteiger partial charge in [-0.05, 0) is 18.9 Å². The summed E-state index contributed by atoms with van der Waals surface area (Å²) in [5.41, 5.74) is 0.877. The maximum Gasteiger partial charge on any atom is 0.120 e. The summed E-state index contributed by atoms with van der Waals surface area (Å²) in [7, 11) is 0. The van der Waals surface area contributed by atoms with E-state index in [2.05, 4.69) is 0 Å². The fraction of sp³-hybridized carbons (Fsp3) is 0.333. The smallest absolute Gasteiger partial charge is 0.120 e. The molecule has 0 amide bonds. The highest BCUT2D eigenvalue weighted by Crippen LogP contribution is 2.54. The van der Waals surface area contributed by atoms with Gasteiger partial charge in [0.25, 0.3) is 0 Å². The molecule has 58 valence electrons. The number of para-hydroxylation sites is 1. The largest absolute Gasteiger partial charge is 0.508 e. The zero-order valence-electron chi connectivity index (χ0n) is 6.05. The molecule has 0 spiro atoms. The maximum absolute atomic E-state index is 9.40.